The summed E-state index contributed by atoms with van der Waals surface area (Å²) in [6.45, 7) is 1.57. The predicted molar refractivity (Wildman–Crippen MR) is 98.6 cm³/mol. The molecule has 6 nitrogen and oxygen atoms in total. The highest BCUT2D eigenvalue weighted by Gasteiger charge is 2.15. The third-order valence-corrected chi connectivity index (χ3v) is 3.65. The lowest BCUT2D eigenvalue weighted by molar-refractivity contribution is 0.360. The van der Waals surface area contributed by atoms with Crippen molar-refractivity contribution >= 4 is 17.5 Å². The van der Waals surface area contributed by atoms with Crippen LogP contribution >= 0.6 is 11.6 Å². The number of aromatic nitrogens is 4. The molecule has 0 saturated carbocycles. The Kier molecular flexibility index (Phi) is 3.95. The lowest BCUT2D eigenvalue weighted by atomic mass is 10.0. The van der Waals surface area contributed by atoms with Crippen LogP contribution in [0.5, 0.6) is 5.75 Å². The van der Waals surface area contributed by atoms with Crippen molar-refractivity contribution in [3.63, 3.8) is 0 Å². The molecule has 0 saturated heterocycles. The van der Waals surface area contributed by atoms with Crippen LogP contribution in [-0.2, 0) is 13.4 Å². The summed E-state index contributed by atoms with van der Waals surface area (Å²) in [4.78, 5) is 7.99. The number of hydrogen-bond donors (Lipinski definition) is 1. The third kappa shape index (κ3) is 3.97. The fourth-order valence-corrected chi connectivity index (χ4v) is 2.65. The van der Waals surface area contributed by atoms with E-state index in [1.807, 2.05) is 24.3 Å². The van der Waals surface area contributed by atoms with Crippen LogP contribution in [0.15, 0.2) is 49.2 Å². The Morgan fingerprint density at radius 2 is 2.20 bits per heavy atom. The third-order valence-electron chi connectivity index (χ3n) is 3.46. The molecule has 2 aromatic heterocycles. The molecule has 3 rings (SSSR count). The number of hydrogen-bond acceptors (Lipinski definition) is 5. The number of rotatable bonds is 6. The molecule has 1 aromatic carbocycles. The molecule has 0 atom stereocenters. The molecule has 0 aliphatic rings. The molecule has 0 aliphatic heterocycles. The van der Waals surface area contributed by atoms with Gasteiger partial charge < -0.3 is 10.5 Å². The number of nitrogens with zero attached hydrogens (tertiary/aromatic N) is 4. The van der Waals surface area contributed by atoms with Gasteiger partial charge in [0, 0.05) is 35.3 Å². The van der Waals surface area contributed by atoms with Gasteiger partial charge in [-0.05, 0) is 11.6 Å². The highest BCUT2D eigenvalue weighted by molar-refractivity contribution is 6.29. The number of benzene rings is 1. The zero-order valence-electron chi connectivity index (χ0n) is 16.3. The van der Waals surface area contributed by atoms with Gasteiger partial charge in [-0.1, -0.05) is 42.5 Å². The standard InChI is InChI=1S/C18H18ClN5O/c1-3-8-25-15-7-5-4-6-12(15)9-13-11-24(2)23-17(13)14-10-16(19)22-18(20)21-14/h3-7,10-11H,1,8-9H2,2H3,(H2,20,21,22)/i2D3. The number of aryl methyl sites for hydroxylation is 1. The Bertz CT molecular complexity index is 983. The molecule has 2 heterocycles. The highest BCUT2D eigenvalue weighted by Crippen LogP contribution is 2.28. The van der Waals surface area contributed by atoms with Gasteiger partial charge in [0.2, 0.25) is 5.95 Å². The molecular weight excluding hydrogens is 338 g/mol. The van der Waals surface area contributed by atoms with E-state index in [0.29, 0.717) is 35.7 Å². The van der Waals surface area contributed by atoms with Crippen LogP contribution in [0.1, 0.15) is 15.2 Å². The van der Waals surface area contributed by atoms with Gasteiger partial charge in [-0.25, -0.2) is 9.97 Å². The maximum atomic E-state index is 7.66. The second kappa shape index (κ2) is 7.36. The minimum absolute atomic E-state index is 0.0217. The van der Waals surface area contributed by atoms with Gasteiger partial charge in [-0.15, -0.1) is 0 Å². The van der Waals surface area contributed by atoms with Gasteiger partial charge in [-0.2, -0.15) is 5.10 Å². The smallest absolute Gasteiger partial charge is 0.222 e. The number of nitrogens with two attached hydrogens (primary N) is 1. The SMILES string of the molecule is [2H]C([2H])([2H])n1cc(Cc2ccccc2OCC=C)c(-c2cc(Cl)nc(N)n2)n1. The van der Waals surface area contributed by atoms with Crippen molar-refractivity contribution in [2.75, 3.05) is 12.3 Å². The van der Waals surface area contributed by atoms with Crippen LogP contribution in [0.3, 0.4) is 0 Å². The molecular formula is C18H18ClN5O. The van der Waals surface area contributed by atoms with E-state index in [-0.39, 0.29) is 11.1 Å². The van der Waals surface area contributed by atoms with Crippen LogP contribution < -0.4 is 10.5 Å². The average Bonchev–Trinajstić information content (AvgIpc) is 3.04. The van der Waals surface area contributed by atoms with Gasteiger partial charge in [0.15, 0.2) is 0 Å². The molecule has 3 aromatic rings. The lowest BCUT2D eigenvalue weighted by Crippen LogP contribution is -2.00. The van der Waals surface area contributed by atoms with Crippen molar-refractivity contribution in [2.45, 2.75) is 6.42 Å². The number of anilines is 1. The molecule has 0 aliphatic carbocycles. The monoisotopic (exact) mass is 358 g/mol. The van der Waals surface area contributed by atoms with Crippen LogP contribution in [0.4, 0.5) is 5.95 Å². The summed E-state index contributed by atoms with van der Waals surface area (Å²) in [6, 6.07) is 8.97. The zero-order chi connectivity index (χ0) is 20.3. The van der Waals surface area contributed by atoms with Crippen molar-refractivity contribution in [1.82, 2.24) is 19.7 Å². The second-order valence-electron chi connectivity index (χ2n) is 5.27. The van der Waals surface area contributed by atoms with Crippen LogP contribution in [0.25, 0.3) is 11.4 Å². The van der Waals surface area contributed by atoms with Gasteiger partial charge in [0.05, 0.1) is 5.69 Å². The van der Waals surface area contributed by atoms with E-state index in [1.54, 1.807) is 6.08 Å². The van der Waals surface area contributed by atoms with E-state index < -0.39 is 6.98 Å². The summed E-state index contributed by atoms with van der Waals surface area (Å²) < 4.78 is 29.6. The number of para-hydroxylation sites is 1. The number of ether oxygens (including phenoxy) is 1. The van der Waals surface area contributed by atoms with E-state index in [0.717, 1.165) is 10.2 Å². The lowest BCUT2D eigenvalue weighted by Gasteiger charge is -2.10. The molecule has 25 heavy (non-hydrogen) atoms. The minimum Gasteiger partial charge on any atom is -0.489 e. The fraction of sp³-hybridized carbons (Fsp3) is 0.167. The second-order valence-corrected chi connectivity index (χ2v) is 5.65. The molecule has 0 fully saturated rings. The first-order valence-corrected chi connectivity index (χ1v) is 7.87. The summed E-state index contributed by atoms with van der Waals surface area (Å²) in [6.07, 6.45) is 3.50. The van der Waals surface area contributed by atoms with Gasteiger partial charge >= 0.3 is 0 Å². The summed E-state index contributed by atoms with van der Waals surface area (Å²) in [5.41, 5.74) is 7.91. The maximum Gasteiger partial charge on any atom is 0.222 e. The number of nitrogen functional groups attached to an aromatic ring is 1. The largest absolute Gasteiger partial charge is 0.489 e. The van der Waals surface area contributed by atoms with E-state index >= 15 is 0 Å². The van der Waals surface area contributed by atoms with E-state index in [1.165, 1.54) is 12.3 Å². The van der Waals surface area contributed by atoms with Crippen LogP contribution in [-0.4, -0.2) is 26.4 Å². The average molecular weight is 359 g/mol. The van der Waals surface area contributed by atoms with Gasteiger partial charge in [0.25, 0.3) is 0 Å². The Hall–Kier alpha value is -2.86. The van der Waals surface area contributed by atoms with Crippen LogP contribution in [0, 0.1) is 0 Å². The Morgan fingerprint density at radius 3 is 2.96 bits per heavy atom. The molecule has 0 radical (unpaired) electrons. The topological polar surface area (TPSA) is 78.9 Å². The van der Waals surface area contributed by atoms with Crippen molar-refractivity contribution in [3.05, 3.63) is 65.5 Å². The first-order chi connectivity index (χ1) is 13.3. The van der Waals surface area contributed by atoms with Crippen molar-refractivity contribution in [3.8, 4) is 17.1 Å². The van der Waals surface area contributed by atoms with Crippen molar-refractivity contribution in [2.24, 2.45) is 6.98 Å². The van der Waals surface area contributed by atoms with E-state index in [4.69, 9.17) is 26.2 Å². The van der Waals surface area contributed by atoms with Gasteiger partial charge in [-0.3, -0.25) is 4.68 Å². The molecule has 0 bridgehead atoms. The normalized spacial score (nSPS) is 12.9. The maximum absolute atomic E-state index is 7.66. The molecule has 0 spiro atoms. The predicted octanol–water partition coefficient (Wildman–Crippen LogP) is 3.27. The summed E-state index contributed by atoms with van der Waals surface area (Å²) in [5, 5.41) is 4.36. The summed E-state index contributed by atoms with van der Waals surface area (Å²) >= 11 is 5.99. The Morgan fingerprint density at radius 1 is 1.36 bits per heavy atom. The molecule has 0 amide bonds. The van der Waals surface area contributed by atoms with Gasteiger partial charge in [0.1, 0.15) is 23.2 Å². The van der Waals surface area contributed by atoms with Crippen molar-refractivity contribution < 1.29 is 8.85 Å². The fourth-order valence-electron chi connectivity index (χ4n) is 2.46. The van der Waals surface area contributed by atoms with Crippen molar-refractivity contribution in [1.29, 1.82) is 0 Å². The Labute approximate surface area is 155 Å². The number of halogens is 1. The minimum atomic E-state index is -2.44. The van der Waals surface area contributed by atoms with E-state index in [2.05, 4.69) is 21.6 Å². The van der Waals surface area contributed by atoms with E-state index in [9.17, 15) is 0 Å². The molecule has 7 heteroatoms. The first kappa shape index (κ1) is 13.4. The zero-order valence-corrected chi connectivity index (χ0v) is 14.1. The first-order valence-electron chi connectivity index (χ1n) is 8.99. The molecule has 128 valence electrons. The highest BCUT2D eigenvalue weighted by atomic mass is 35.5. The Balaban J connectivity index is 2.08. The molecule has 0 unspecified atom stereocenters. The molecule has 2 N–H and O–H groups in total. The summed E-state index contributed by atoms with van der Waals surface area (Å²) in [7, 11) is 0. The quantitative estimate of drug-likeness (QED) is 0.540. The summed E-state index contributed by atoms with van der Waals surface area (Å²) in [5.74, 6) is 0.654. The van der Waals surface area contributed by atoms with Crippen LogP contribution in [0.2, 0.25) is 5.15 Å².